The molecule has 1 nitrogen and oxygen atoms in total. The molecule has 1 fully saturated rings. The zero-order valence-electron chi connectivity index (χ0n) is 9.82. The second kappa shape index (κ2) is 5.00. The van der Waals surface area contributed by atoms with Crippen molar-refractivity contribution in [1.82, 2.24) is 5.32 Å². The van der Waals surface area contributed by atoms with Crippen LogP contribution in [0.5, 0.6) is 0 Å². The van der Waals surface area contributed by atoms with Gasteiger partial charge in [-0.1, -0.05) is 18.6 Å². The van der Waals surface area contributed by atoms with E-state index in [9.17, 15) is 13.2 Å². The number of halogens is 3. The van der Waals surface area contributed by atoms with Crippen molar-refractivity contribution in [3.05, 3.63) is 11.6 Å². The van der Waals surface area contributed by atoms with E-state index in [1.54, 1.807) is 0 Å². The van der Waals surface area contributed by atoms with Crippen molar-refractivity contribution in [2.75, 3.05) is 6.54 Å². The number of alkyl halides is 3. The largest absolute Gasteiger partial charge is 0.413 e. The van der Waals surface area contributed by atoms with Crippen molar-refractivity contribution in [2.24, 2.45) is 0 Å². The first-order chi connectivity index (χ1) is 7.27. The first kappa shape index (κ1) is 13.9. The number of thioether (sulfide) groups is 1. The number of rotatable bonds is 3. The Morgan fingerprint density at radius 2 is 2.19 bits per heavy atom. The van der Waals surface area contributed by atoms with E-state index in [4.69, 9.17) is 0 Å². The van der Waals surface area contributed by atoms with Crippen LogP contribution >= 0.6 is 11.8 Å². The van der Waals surface area contributed by atoms with Gasteiger partial charge in [0, 0.05) is 11.3 Å². The van der Waals surface area contributed by atoms with E-state index < -0.39 is 11.6 Å². The van der Waals surface area contributed by atoms with Crippen LogP contribution in [0.4, 0.5) is 13.2 Å². The van der Waals surface area contributed by atoms with Gasteiger partial charge < -0.3 is 0 Å². The lowest BCUT2D eigenvalue weighted by Gasteiger charge is -2.23. The van der Waals surface area contributed by atoms with Gasteiger partial charge in [-0.3, -0.25) is 5.32 Å². The molecule has 16 heavy (non-hydrogen) atoms. The Labute approximate surface area is 98.9 Å². The molecule has 1 unspecified atom stereocenters. The monoisotopic (exact) mass is 253 g/mol. The van der Waals surface area contributed by atoms with Crippen LogP contribution in [0, 0.1) is 0 Å². The lowest BCUT2D eigenvalue weighted by atomic mass is 10.0. The van der Waals surface area contributed by atoms with Crippen molar-refractivity contribution < 1.29 is 13.2 Å². The summed E-state index contributed by atoms with van der Waals surface area (Å²) in [5.74, 6) is 0. The van der Waals surface area contributed by atoms with Crippen LogP contribution in [0.1, 0.15) is 33.6 Å². The Hall–Kier alpha value is -0.160. The topological polar surface area (TPSA) is 12.0 Å². The minimum Gasteiger partial charge on any atom is -0.296 e. The van der Waals surface area contributed by atoms with Gasteiger partial charge >= 0.3 is 6.18 Å². The summed E-state index contributed by atoms with van der Waals surface area (Å²) >= 11 is 0.997. The molecule has 1 heterocycles. The molecule has 2 atom stereocenters. The van der Waals surface area contributed by atoms with E-state index in [-0.39, 0.29) is 4.75 Å². The molecular weight excluding hydrogens is 235 g/mol. The molecule has 0 aromatic rings. The van der Waals surface area contributed by atoms with Gasteiger partial charge in [0.1, 0.15) is 0 Å². The Kier molecular flexibility index (Phi) is 4.35. The van der Waals surface area contributed by atoms with Gasteiger partial charge in [-0.15, -0.1) is 11.8 Å². The smallest absolute Gasteiger partial charge is 0.296 e. The van der Waals surface area contributed by atoms with Gasteiger partial charge in [0.05, 0.1) is 0 Å². The van der Waals surface area contributed by atoms with Crippen LogP contribution in [-0.4, -0.2) is 22.8 Å². The van der Waals surface area contributed by atoms with Gasteiger partial charge in [-0.2, -0.15) is 13.2 Å². The van der Waals surface area contributed by atoms with Crippen molar-refractivity contribution in [1.29, 1.82) is 0 Å². The predicted octanol–water partition coefficient (Wildman–Crippen LogP) is 3.72. The quantitative estimate of drug-likeness (QED) is 0.769. The highest BCUT2D eigenvalue weighted by atomic mass is 32.2. The van der Waals surface area contributed by atoms with Gasteiger partial charge in [0.25, 0.3) is 0 Å². The Balaban J connectivity index is 2.59. The van der Waals surface area contributed by atoms with Gasteiger partial charge in [-0.05, 0) is 26.7 Å². The van der Waals surface area contributed by atoms with Gasteiger partial charge in [0.2, 0.25) is 0 Å². The molecule has 0 bridgehead atoms. The Bertz CT molecular complexity index is 275. The fourth-order valence-corrected chi connectivity index (χ4v) is 3.32. The molecule has 94 valence electrons. The summed E-state index contributed by atoms with van der Waals surface area (Å²) in [5, 5.41) is 1.14. The molecule has 1 aliphatic rings. The minimum atomic E-state index is -4.15. The summed E-state index contributed by atoms with van der Waals surface area (Å²) in [4.78, 5) is 0. The van der Waals surface area contributed by atoms with Crippen molar-refractivity contribution in [3.8, 4) is 0 Å². The summed E-state index contributed by atoms with van der Waals surface area (Å²) in [6.45, 7) is 6.32. The molecule has 5 heteroatoms. The zero-order valence-corrected chi connectivity index (χ0v) is 10.6. The second-order valence-electron chi connectivity index (χ2n) is 4.51. The third kappa shape index (κ3) is 3.70. The third-order valence-corrected chi connectivity index (χ3v) is 4.09. The highest BCUT2D eigenvalue weighted by Gasteiger charge is 2.49. The summed E-state index contributed by atoms with van der Waals surface area (Å²) in [6, 6.07) is 0. The molecule has 1 rings (SSSR count). The molecule has 0 aromatic carbocycles. The van der Waals surface area contributed by atoms with E-state index in [1.165, 1.54) is 5.57 Å². The van der Waals surface area contributed by atoms with Crippen molar-refractivity contribution >= 4 is 11.8 Å². The van der Waals surface area contributed by atoms with Crippen LogP contribution in [0.25, 0.3) is 0 Å². The number of hydrogen-bond donors (Lipinski definition) is 1. The lowest BCUT2D eigenvalue weighted by molar-refractivity contribution is -0.132. The molecule has 0 saturated carbocycles. The van der Waals surface area contributed by atoms with Gasteiger partial charge in [-0.25, -0.2) is 0 Å². The first-order valence-corrected chi connectivity index (χ1v) is 6.28. The van der Waals surface area contributed by atoms with Crippen LogP contribution in [0.2, 0.25) is 0 Å². The predicted molar refractivity (Wildman–Crippen MR) is 62.5 cm³/mol. The standard InChI is InChI=1S/C11H18F3NS/c1-4-5-8(2)6-10(3)7-15-9(16-10)11(12,13)14/h5,9,15H,4,6-7H2,1-3H3/b8-5-/t9?,10-/m0/s1. The molecule has 1 saturated heterocycles. The van der Waals surface area contributed by atoms with Crippen LogP contribution < -0.4 is 5.32 Å². The van der Waals surface area contributed by atoms with Gasteiger partial charge in [0.15, 0.2) is 5.37 Å². The molecule has 0 aromatic heterocycles. The maximum Gasteiger partial charge on any atom is 0.413 e. The highest BCUT2D eigenvalue weighted by molar-refractivity contribution is 8.01. The normalized spacial score (nSPS) is 32.1. The van der Waals surface area contributed by atoms with E-state index in [0.29, 0.717) is 13.0 Å². The zero-order chi connectivity index (χ0) is 12.4. The summed E-state index contributed by atoms with van der Waals surface area (Å²) < 4.78 is 37.1. The fraction of sp³-hybridized carbons (Fsp3) is 0.818. The van der Waals surface area contributed by atoms with E-state index in [0.717, 1.165) is 18.2 Å². The van der Waals surface area contributed by atoms with Crippen LogP contribution in [0.3, 0.4) is 0 Å². The lowest BCUT2D eigenvalue weighted by Crippen LogP contribution is -2.35. The van der Waals surface area contributed by atoms with Crippen LogP contribution in [-0.2, 0) is 0 Å². The highest BCUT2D eigenvalue weighted by Crippen LogP contribution is 2.44. The molecule has 1 N–H and O–H groups in total. The van der Waals surface area contributed by atoms with E-state index >= 15 is 0 Å². The molecule has 1 aliphatic heterocycles. The van der Waals surface area contributed by atoms with E-state index in [2.05, 4.69) is 11.4 Å². The Morgan fingerprint density at radius 3 is 2.62 bits per heavy atom. The number of nitrogens with one attached hydrogen (secondary N) is 1. The summed E-state index contributed by atoms with van der Waals surface area (Å²) in [5.41, 5.74) is 1.17. The first-order valence-electron chi connectivity index (χ1n) is 5.40. The molecular formula is C11H18F3NS. The number of hydrogen-bond acceptors (Lipinski definition) is 2. The van der Waals surface area contributed by atoms with Crippen molar-refractivity contribution in [3.63, 3.8) is 0 Å². The van der Waals surface area contributed by atoms with Crippen molar-refractivity contribution in [2.45, 2.75) is 49.9 Å². The second-order valence-corrected chi connectivity index (χ2v) is 6.20. The average molecular weight is 253 g/mol. The number of allylic oxidation sites excluding steroid dienone is 2. The third-order valence-electron chi connectivity index (χ3n) is 2.57. The maximum absolute atomic E-state index is 12.5. The van der Waals surface area contributed by atoms with Crippen LogP contribution in [0.15, 0.2) is 11.6 Å². The molecule has 0 spiro atoms. The molecule has 0 aliphatic carbocycles. The summed E-state index contributed by atoms with van der Waals surface area (Å²) in [7, 11) is 0. The van der Waals surface area contributed by atoms with E-state index in [1.807, 2.05) is 20.8 Å². The molecule has 0 radical (unpaired) electrons. The SMILES string of the molecule is CC/C=C(/C)C[C@@]1(C)CNC(C(F)(F)F)S1. The summed E-state index contributed by atoms with van der Waals surface area (Å²) in [6.07, 6.45) is -0.425. The Morgan fingerprint density at radius 1 is 1.56 bits per heavy atom. The average Bonchev–Trinajstić information content (AvgIpc) is 2.47. The maximum atomic E-state index is 12.5. The minimum absolute atomic E-state index is 0.337. The molecule has 0 amide bonds. The fourth-order valence-electron chi connectivity index (χ4n) is 1.97.